The lowest BCUT2D eigenvalue weighted by Gasteiger charge is -2.10. The molecular formula is C19H18N6O2S. The zero-order valence-corrected chi connectivity index (χ0v) is 16.1. The molecule has 0 amide bonds. The van der Waals surface area contributed by atoms with Crippen LogP contribution in [0.4, 0.5) is 5.82 Å². The molecule has 142 valence electrons. The van der Waals surface area contributed by atoms with E-state index in [2.05, 4.69) is 19.9 Å². The van der Waals surface area contributed by atoms with Gasteiger partial charge < -0.3 is 15.0 Å². The summed E-state index contributed by atoms with van der Waals surface area (Å²) in [6.07, 6.45) is 7.65. The van der Waals surface area contributed by atoms with Gasteiger partial charge in [0.05, 0.1) is 17.3 Å². The number of carbonyl (C=O) groups excluding carboxylic acids is 1. The van der Waals surface area contributed by atoms with E-state index in [0.29, 0.717) is 28.4 Å². The number of rotatable bonds is 3. The number of ether oxygens (including phenoxy) is 1. The number of imidazole rings is 1. The van der Waals surface area contributed by atoms with Crippen molar-refractivity contribution in [2.75, 3.05) is 5.73 Å². The Balaban J connectivity index is 1.42. The molecule has 9 heteroatoms. The zero-order chi connectivity index (χ0) is 19.3. The second kappa shape index (κ2) is 6.52. The third kappa shape index (κ3) is 2.70. The maximum Gasteiger partial charge on any atom is 0.340 e. The third-order valence-corrected chi connectivity index (χ3v) is 6.23. The van der Waals surface area contributed by atoms with E-state index in [1.54, 1.807) is 34.5 Å². The lowest BCUT2D eigenvalue weighted by molar-refractivity contribution is 0.0465. The Bertz CT molecular complexity index is 1230. The second-order valence-electron chi connectivity index (χ2n) is 6.88. The lowest BCUT2D eigenvalue weighted by atomic mass is 9.97. The normalized spacial score (nSPS) is 13.8. The van der Waals surface area contributed by atoms with E-state index < -0.39 is 5.97 Å². The molecule has 0 spiro atoms. The summed E-state index contributed by atoms with van der Waals surface area (Å²) in [6, 6.07) is 1.60. The Labute approximate surface area is 164 Å². The first-order valence-electron chi connectivity index (χ1n) is 9.11. The molecule has 1 aliphatic carbocycles. The summed E-state index contributed by atoms with van der Waals surface area (Å²) in [4.78, 5) is 32.2. The van der Waals surface area contributed by atoms with Gasteiger partial charge in [-0.3, -0.25) is 0 Å². The average molecular weight is 394 g/mol. The van der Waals surface area contributed by atoms with Crippen LogP contribution in [0.3, 0.4) is 0 Å². The van der Waals surface area contributed by atoms with Gasteiger partial charge in [0.1, 0.15) is 16.2 Å². The first-order valence-corrected chi connectivity index (χ1v) is 9.93. The van der Waals surface area contributed by atoms with Crippen molar-refractivity contribution >= 4 is 44.5 Å². The molecule has 0 aromatic carbocycles. The van der Waals surface area contributed by atoms with Gasteiger partial charge in [0, 0.05) is 18.1 Å². The third-order valence-electron chi connectivity index (χ3n) is 5.04. The fourth-order valence-corrected chi connectivity index (χ4v) is 4.98. The van der Waals surface area contributed by atoms with Gasteiger partial charge >= 0.3 is 5.97 Å². The highest BCUT2D eigenvalue weighted by atomic mass is 32.1. The molecule has 4 heterocycles. The van der Waals surface area contributed by atoms with Crippen LogP contribution in [0.5, 0.6) is 0 Å². The molecule has 5 rings (SSSR count). The summed E-state index contributed by atoms with van der Waals surface area (Å²) < 4.78 is 7.20. The smallest absolute Gasteiger partial charge is 0.340 e. The van der Waals surface area contributed by atoms with Crippen molar-refractivity contribution in [1.82, 2.24) is 24.5 Å². The number of pyridine rings is 1. The number of aryl methyl sites for hydroxylation is 3. The van der Waals surface area contributed by atoms with Gasteiger partial charge in [-0.1, -0.05) is 0 Å². The van der Waals surface area contributed by atoms with Crippen LogP contribution in [-0.2, 0) is 31.2 Å². The molecule has 0 bridgehead atoms. The lowest BCUT2D eigenvalue weighted by Crippen LogP contribution is -2.09. The summed E-state index contributed by atoms with van der Waals surface area (Å²) in [7, 11) is 1.82. The molecular weight excluding hydrogens is 376 g/mol. The molecule has 2 N–H and O–H groups in total. The van der Waals surface area contributed by atoms with E-state index in [-0.39, 0.29) is 6.61 Å². The van der Waals surface area contributed by atoms with Crippen molar-refractivity contribution in [3.63, 3.8) is 0 Å². The fourth-order valence-electron chi connectivity index (χ4n) is 3.70. The summed E-state index contributed by atoms with van der Waals surface area (Å²) in [5.74, 6) is 0.383. The molecule has 0 unspecified atom stereocenters. The molecule has 0 saturated heterocycles. The molecule has 4 aromatic heterocycles. The van der Waals surface area contributed by atoms with Crippen molar-refractivity contribution in [2.24, 2.45) is 7.05 Å². The average Bonchev–Trinajstić information content (AvgIpc) is 3.26. The van der Waals surface area contributed by atoms with Crippen molar-refractivity contribution in [1.29, 1.82) is 0 Å². The van der Waals surface area contributed by atoms with Crippen LogP contribution >= 0.6 is 11.3 Å². The predicted octanol–water partition coefficient (Wildman–Crippen LogP) is 2.79. The van der Waals surface area contributed by atoms with Crippen LogP contribution in [0.15, 0.2) is 18.6 Å². The van der Waals surface area contributed by atoms with Gasteiger partial charge in [0.15, 0.2) is 18.1 Å². The van der Waals surface area contributed by atoms with Gasteiger partial charge in [-0.05, 0) is 37.3 Å². The fraction of sp³-hybridized carbons (Fsp3) is 0.316. The topological polar surface area (TPSA) is 109 Å². The molecule has 4 aromatic rings. The Hall–Kier alpha value is -3.07. The first kappa shape index (κ1) is 17.1. The first-order chi connectivity index (χ1) is 13.6. The largest absolute Gasteiger partial charge is 0.454 e. The summed E-state index contributed by atoms with van der Waals surface area (Å²) in [5, 5.41) is 0.971. The molecule has 0 atom stereocenters. The molecule has 0 radical (unpaired) electrons. The standard InChI is InChI=1S/C19H18N6O2S/c1-25-9-22-15-11(6-7-21-17(15)25)19(26)27-8-13-23-16(20)14-10-4-2-3-5-12(10)28-18(14)24-13/h6-7,9H,2-5,8H2,1H3,(H2,20,23,24). The van der Waals surface area contributed by atoms with Gasteiger partial charge in [0.2, 0.25) is 0 Å². The Morgan fingerprint density at radius 2 is 2.14 bits per heavy atom. The number of fused-ring (bicyclic) bond motifs is 4. The van der Waals surface area contributed by atoms with Crippen molar-refractivity contribution in [2.45, 2.75) is 32.3 Å². The molecule has 1 aliphatic rings. The van der Waals surface area contributed by atoms with Crippen LogP contribution in [0.1, 0.15) is 39.5 Å². The van der Waals surface area contributed by atoms with E-state index in [0.717, 1.165) is 23.1 Å². The van der Waals surface area contributed by atoms with Gasteiger partial charge in [-0.2, -0.15) is 0 Å². The molecule has 0 fully saturated rings. The summed E-state index contributed by atoms with van der Waals surface area (Å²) in [5.41, 5.74) is 9.01. The Kier molecular flexibility index (Phi) is 3.97. The minimum atomic E-state index is -0.487. The number of carbonyl (C=O) groups is 1. The van der Waals surface area contributed by atoms with Crippen LogP contribution in [-0.4, -0.2) is 30.5 Å². The number of nitrogens with zero attached hydrogens (tertiary/aromatic N) is 5. The van der Waals surface area contributed by atoms with Gasteiger partial charge in [-0.15, -0.1) is 11.3 Å². The van der Waals surface area contributed by atoms with Crippen molar-refractivity contribution < 1.29 is 9.53 Å². The van der Waals surface area contributed by atoms with E-state index in [1.807, 2.05) is 7.05 Å². The summed E-state index contributed by atoms with van der Waals surface area (Å²) >= 11 is 1.67. The number of thiophene rings is 1. The number of anilines is 1. The number of hydrogen-bond acceptors (Lipinski definition) is 8. The highest BCUT2D eigenvalue weighted by molar-refractivity contribution is 7.19. The highest BCUT2D eigenvalue weighted by Gasteiger charge is 2.21. The van der Waals surface area contributed by atoms with Crippen LogP contribution in [0.2, 0.25) is 0 Å². The maximum atomic E-state index is 12.6. The quantitative estimate of drug-likeness (QED) is 0.532. The van der Waals surface area contributed by atoms with E-state index in [1.165, 1.54) is 23.3 Å². The second-order valence-corrected chi connectivity index (χ2v) is 7.96. The van der Waals surface area contributed by atoms with Gasteiger partial charge in [-0.25, -0.2) is 24.7 Å². The number of hydrogen-bond donors (Lipinski definition) is 1. The number of nitrogen functional groups attached to an aromatic ring is 1. The van der Waals surface area contributed by atoms with Crippen LogP contribution in [0.25, 0.3) is 21.4 Å². The number of esters is 1. The molecule has 8 nitrogen and oxygen atoms in total. The predicted molar refractivity (Wildman–Crippen MR) is 106 cm³/mol. The van der Waals surface area contributed by atoms with Crippen LogP contribution in [0, 0.1) is 0 Å². The van der Waals surface area contributed by atoms with Gasteiger partial charge in [0.25, 0.3) is 0 Å². The van der Waals surface area contributed by atoms with Crippen molar-refractivity contribution in [3.05, 3.63) is 40.4 Å². The Morgan fingerprint density at radius 1 is 1.29 bits per heavy atom. The Morgan fingerprint density at radius 3 is 3.04 bits per heavy atom. The SMILES string of the molecule is Cn1cnc2c(C(=O)OCc3nc(N)c4c5c(sc4n3)CCCC5)ccnc21. The van der Waals surface area contributed by atoms with Crippen LogP contribution < -0.4 is 5.73 Å². The van der Waals surface area contributed by atoms with E-state index in [4.69, 9.17) is 10.5 Å². The molecule has 0 aliphatic heterocycles. The zero-order valence-electron chi connectivity index (χ0n) is 15.3. The molecule has 0 saturated carbocycles. The molecule has 28 heavy (non-hydrogen) atoms. The number of aromatic nitrogens is 5. The summed E-state index contributed by atoms with van der Waals surface area (Å²) in [6.45, 7) is -0.0435. The minimum absolute atomic E-state index is 0.0435. The van der Waals surface area contributed by atoms with Crippen molar-refractivity contribution in [3.8, 4) is 0 Å². The maximum absolute atomic E-state index is 12.6. The van der Waals surface area contributed by atoms with E-state index >= 15 is 0 Å². The number of nitrogens with two attached hydrogens (primary N) is 1. The monoisotopic (exact) mass is 394 g/mol. The minimum Gasteiger partial charge on any atom is -0.454 e. The highest BCUT2D eigenvalue weighted by Crippen LogP contribution is 2.37. The van der Waals surface area contributed by atoms with E-state index in [9.17, 15) is 4.79 Å².